The van der Waals surface area contributed by atoms with Crippen LogP contribution in [0, 0.1) is 11.3 Å². The minimum atomic E-state index is 0.258. The van der Waals surface area contributed by atoms with Crippen LogP contribution < -0.4 is 5.32 Å². The summed E-state index contributed by atoms with van der Waals surface area (Å²) in [5.74, 6) is 0.725. The van der Waals surface area contributed by atoms with Gasteiger partial charge in [-0.05, 0) is 32.1 Å². The van der Waals surface area contributed by atoms with Crippen LogP contribution in [0.1, 0.15) is 53.9 Å². The van der Waals surface area contributed by atoms with Gasteiger partial charge in [-0.25, -0.2) is 0 Å². The van der Waals surface area contributed by atoms with E-state index in [0.717, 1.165) is 31.5 Å². The highest BCUT2D eigenvalue weighted by Crippen LogP contribution is 2.22. The lowest BCUT2D eigenvalue weighted by atomic mass is 9.94. The van der Waals surface area contributed by atoms with Gasteiger partial charge in [0.2, 0.25) is 0 Å². The van der Waals surface area contributed by atoms with Crippen LogP contribution in [0.15, 0.2) is 0 Å². The number of nitrogens with one attached hydrogen (secondary N) is 1. The van der Waals surface area contributed by atoms with Crippen molar-refractivity contribution in [2.45, 2.75) is 66.0 Å². The van der Waals surface area contributed by atoms with Crippen molar-refractivity contribution < 1.29 is 4.74 Å². The minimum Gasteiger partial charge on any atom is -0.378 e. The molecule has 1 atom stereocenters. The molecule has 0 heterocycles. The maximum absolute atomic E-state index is 5.93. The van der Waals surface area contributed by atoms with E-state index >= 15 is 0 Å². The smallest absolute Gasteiger partial charge is 0.0549 e. The first kappa shape index (κ1) is 14.0. The standard InChI is InChI=1S/C14H29NO/c1-11(2)8-12(3)16-10-14(4,5)9-15-13-6-7-13/h11-13,15H,6-10H2,1-5H3. The maximum Gasteiger partial charge on any atom is 0.0549 e. The van der Waals surface area contributed by atoms with Gasteiger partial charge >= 0.3 is 0 Å². The molecular formula is C14H29NO. The summed E-state index contributed by atoms with van der Waals surface area (Å²) >= 11 is 0. The molecule has 1 N–H and O–H groups in total. The summed E-state index contributed by atoms with van der Waals surface area (Å²) < 4.78 is 5.93. The highest BCUT2D eigenvalue weighted by molar-refractivity contribution is 4.84. The second-order valence-corrected chi connectivity index (χ2v) is 6.57. The van der Waals surface area contributed by atoms with Crippen molar-refractivity contribution in [2.24, 2.45) is 11.3 Å². The fourth-order valence-corrected chi connectivity index (χ4v) is 1.86. The third-order valence-corrected chi connectivity index (χ3v) is 3.01. The van der Waals surface area contributed by atoms with Crippen molar-refractivity contribution >= 4 is 0 Å². The van der Waals surface area contributed by atoms with E-state index in [0.29, 0.717) is 6.10 Å². The number of hydrogen-bond donors (Lipinski definition) is 1. The lowest BCUT2D eigenvalue weighted by molar-refractivity contribution is 0.00288. The summed E-state index contributed by atoms with van der Waals surface area (Å²) in [5, 5.41) is 3.58. The highest BCUT2D eigenvalue weighted by Gasteiger charge is 2.25. The van der Waals surface area contributed by atoms with Crippen LogP contribution in [0.2, 0.25) is 0 Å². The molecule has 2 nitrogen and oxygen atoms in total. The summed E-state index contributed by atoms with van der Waals surface area (Å²) in [6, 6.07) is 0.798. The average molecular weight is 227 g/mol. The summed E-state index contributed by atoms with van der Waals surface area (Å²) in [5.41, 5.74) is 0.258. The Labute approximate surface area is 101 Å². The van der Waals surface area contributed by atoms with Crippen LogP contribution in [-0.2, 0) is 4.74 Å². The summed E-state index contributed by atoms with van der Waals surface area (Å²) in [4.78, 5) is 0. The third-order valence-electron chi connectivity index (χ3n) is 3.01. The Hall–Kier alpha value is -0.0800. The SMILES string of the molecule is CC(C)CC(C)OCC(C)(C)CNC1CC1. The molecule has 0 aromatic carbocycles. The van der Waals surface area contributed by atoms with Gasteiger partial charge in [0.1, 0.15) is 0 Å². The normalized spacial score (nSPS) is 19.1. The largest absolute Gasteiger partial charge is 0.378 e. The van der Waals surface area contributed by atoms with Crippen molar-refractivity contribution in [3.05, 3.63) is 0 Å². The van der Waals surface area contributed by atoms with Crippen molar-refractivity contribution in [3.8, 4) is 0 Å². The molecule has 16 heavy (non-hydrogen) atoms. The van der Waals surface area contributed by atoms with E-state index in [9.17, 15) is 0 Å². The fraction of sp³-hybridized carbons (Fsp3) is 1.00. The number of ether oxygens (including phenoxy) is 1. The quantitative estimate of drug-likeness (QED) is 0.687. The molecule has 1 aliphatic carbocycles. The van der Waals surface area contributed by atoms with Crippen molar-refractivity contribution in [3.63, 3.8) is 0 Å². The van der Waals surface area contributed by atoms with E-state index in [1.165, 1.54) is 12.8 Å². The predicted octanol–water partition coefficient (Wildman–Crippen LogP) is 3.22. The Morgan fingerprint density at radius 3 is 2.38 bits per heavy atom. The molecule has 1 rings (SSSR count). The zero-order chi connectivity index (χ0) is 12.2. The molecule has 2 heteroatoms. The summed E-state index contributed by atoms with van der Waals surface area (Å²) in [6.45, 7) is 13.2. The van der Waals surface area contributed by atoms with E-state index in [1.54, 1.807) is 0 Å². The molecule has 0 amide bonds. The molecule has 0 aromatic heterocycles. The molecule has 0 aromatic rings. The van der Waals surface area contributed by atoms with Crippen LogP contribution in [-0.4, -0.2) is 25.3 Å². The first-order chi connectivity index (χ1) is 7.39. The second kappa shape index (κ2) is 6.02. The van der Waals surface area contributed by atoms with Gasteiger partial charge < -0.3 is 10.1 Å². The van der Waals surface area contributed by atoms with E-state index in [-0.39, 0.29) is 5.41 Å². The minimum absolute atomic E-state index is 0.258. The van der Waals surface area contributed by atoms with Crippen LogP contribution in [0.25, 0.3) is 0 Å². The van der Waals surface area contributed by atoms with Gasteiger partial charge in [0.25, 0.3) is 0 Å². The zero-order valence-electron chi connectivity index (χ0n) is 11.7. The molecule has 96 valence electrons. The topological polar surface area (TPSA) is 21.3 Å². The predicted molar refractivity (Wildman–Crippen MR) is 69.7 cm³/mol. The average Bonchev–Trinajstić information content (AvgIpc) is 2.94. The van der Waals surface area contributed by atoms with Gasteiger partial charge in [-0.3, -0.25) is 0 Å². The van der Waals surface area contributed by atoms with Crippen LogP contribution in [0.4, 0.5) is 0 Å². The van der Waals surface area contributed by atoms with Gasteiger partial charge in [-0.2, -0.15) is 0 Å². The van der Waals surface area contributed by atoms with Crippen LogP contribution in [0.3, 0.4) is 0 Å². The van der Waals surface area contributed by atoms with Crippen LogP contribution in [0.5, 0.6) is 0 Å². The Morgan fingerprint density at radius 1 is 1.25 bits per heavy atom. The first-order valence-corrected chi connectivity index (χ1v) is 6.74. The van der Waals surface area contributed by atoms with Gasteiger partial charge in [0, 0.05) is 18.0 Å². The molecule has 0 bridgehead atoms. The van der Waals surface area contributed by atoms with Crippen LogP contribution >= 0.6 is 0 Å². The molecule has 0 saturated heterocycles. The molecule has 1 aliphatic rings. The Balaban J connectivity index is 2.12. The second-order valence-electron chi connectivity index (χ2n) is 6.57. The molecule has 1 saturated carbocycles. The van der Waals surface area contributed by atoms with E-state index in [1.807, 2.05) is 0 Å². The van der Waals surface area contributed by atoms with Gasteiger partial charge in [-0.1, -0.05) is 27.7 Å². The zero-order valence-corrected chi connectivity index (χ0v) is 11.7. The van der Waals surface area contributed by atoms with Crippen molar-refractivity contribution in [1.82, 2.24) is 5.32 Å². The molecule has 0 aliphatic heterocycles. The fourth-order valence-electron chi connectivity index (χ4n) is 1.86. The third kappa shape index (κ3) is 6.49. The maximum atomic E-state index is 5.93. The van der Waals surface area contributed by atoms with E-state index in [2.05, 4.69) is 39.9 Å². The van der Waals surface area contributed by atoms with Crippen molar-refractivity contribution in [1.29, 1.82) is 0 Å². The first-order valence-electron chi connectivity index (χ1n) is 6.74. The van der Waals surface area contributed by atoms with Gasteiger partial charge in [0.15, 0.2) is 0 Å². The molecule has 1 fully saturated rings. The monoisotopic (exact) mass is 227 g/mol. The number of hydrogen-bond acceptors (Lipinski definition) is 2. The lowest BCUT2D eigenvalue weighted by Crippen LogP contribution is -2.35. The van der Waals surface area contributed by atoms with Gasteiger partial charge in [-0.15, -0.1) is 0 Å². The highest BCUT2D eigenvalue weighted by atomic mass is 16.5. The number of rotatable bonds is 8. The summed E-state index contributed by atoms with van der Waals surface area (Å²) in [7, 11) is 0. The molecule has 0 spiro atoms. The van der Waals surface area contributed by atoms with Crippen molar-refractivity contribution in [2.75, 3.05) is 13.2 Å². The summed E-state index contributed by atoms with van der Waals surface area (Å²) in [6.07, 6.45) is 4.27. The Bertz CT molecular complexity index is 197. The van der Waals surface area contributed by atoms with E-state index < -0.39 is 0 Å². The molecular weight excluding hydrogens is 198 g/mol. The lowest BCUT2D eigenvalue weighted by Gasteiger charge is -2.27. The van der Waals surface area contributed by atoms with Gasteiger partial charge in [0.05, 0.1) is 12.7 Å². The molecule has 0 radical (unpaired) electrons. The Morgan fingerprint density at radius 2 is 1.88 bits per heavy atom. The van der Waals surface area contributed by atoms with E-state index in [4.69, 9.17) is 4.74 Å². The Kier molecular flexibility index (Phi) is 5.26. The molecule has 1 unspecified atom stereocenters.